The molecule has 20 heteroatoms. The molecular weight excluding hydrogens is 1100 g/mol. The van der Waals surface area contributed by atoms with E-state index in [2.05, 4.69) is 72.3 Å². The van der Waals surface area contributed by atoms with E-state index in [1.165, 1.54) is 0 Å². The monoisotopic (exact) mass is 1180 g/mol. The van der Waals surface area contributed by atoms with Gasteiger partial charge in [-0.1, -0.05) is 133 Å². The third-order valence-electron chi connectivity index (χ3n) is 14.3. The lowest BCUT2D eigenvalue weighted by Gasteiger charge is -2.38. The smallest absolute Gasteiger partial charge is 0.407 e. The van der Waals surface area contributed by atoms with Gasteiger partial charge in [0, 0.05) is 82.7 Å². The van der Waals surface area contributed by atoms with Crippen molar-refractivity contribution in [1.29, 1.82) is 0 Å². The number of imidazole rings is 1. The summed E-state index contributed by atoms with van der Waals surface area (Å²) >= 11 is 0. The average molecular weight is 1180 g/mol. The molecule has 450 valence electrons. The molecule has 1 aliphatic rings. The lowest BCUT2D eigenvalue weighted by Crippen LogP contribution is -2.49. The van der Waals surface area contributed by atoms with Crippen LogP contribution in [0.4, 0.5) is 10.7 Å². The predicted molar refractivity (Wildman–Crippen MR) is 324 cm³/mol. The molecule has 0 bridgehead atoms. The van der Waals surface area contributed by atoms with Crippen LogP contribution in [0.1, 0.15) is 120 Å². The van der Waals surface area contributed by atoms with Crippen molar-refractivity contribution < 1.29 is 51.4 Å². The number of nitrogens with one attached hydrogen (secondary N) is 6. The number of anilines is 1. The normalized spacial score (nSPS) is 13.6. The fraction of sp³-hybridized carbons (Fsp3) is 0.369. The Labute approximate surface area is 498 Å². The molecule has 19 nitrogen and oxygen atoms in total. The van der Waals surface area contributed by atoms with Crippen molar-refractivity contribution in [3.05, 3.63) is 195 Å². The number of ketones is 1. The number of esters is 1. The molecule has 2 unspecified atom stereocenters. The molecule has 7 rings (SSSR count). The van der Waals surface area contributed by atoms with Crippen LogP contribution in [0.15, 0.2) is 150 Å². The topological polar surface area (TPSA) is 254 Å². The minimum atomic E-state index is -4.30. The lowest BCUT2D eigenvalue weighted by molar-refractivity contribution is -0.142. The van der Waals surface area contributed by atoms with Crippen LogP contribution < -0.4 is 31.3 Å². The number of benzene rings is 5. The second kappa shape index (κ2) is 29.9. The molecule has 85 heavy (non-hydrogen) atoms. The molecule has 0 saturated heterocycles. The third-order valence-corrected chi connectivity index (χ3v) is 16.1. The molecule has 5 aromatic carbocycles. The Balaban J connectivity index is 1.04. The Kier molecular flexibility index (Phi) is 22.5. The summed E-state index contributed by atoms with van der Waals surface area (Å²) in [5.74, 6) is -2.87. The molecule has 0 spiro atoms. The van der Waals surface area contributed by atoms with E-state index in [4.69, 9.17) is 19.2 Å². The Morgan fingerprint density at radius 1 is 0.706 bits per heavy atom. The van der Waals surface area contributed by atoms with Gasteiger partial charge in [0.1, 0.15) is 17.2 Å². The van der Waals surface area contributed by atoms with Crippen molar-refractivity contribution in [2.75, 3.05) is 51.8 Å². The van der Waals surface area contributed by atoms with Crippen LogP contribution in [-0.2, 0) is 55.5 Å². The van der Waals surface area contributed by atoms with Crippen LogP contribution in [-0.4, -0.2) is 112 Å². The molecule has 1 heterocycles. The molecule has 2 atom stereocenters. The molecule has 4 amide bonds. The Hall–Kier alpha value is -8.46. The minimum Gasteiger partial charge on any atom is -0.468 e. The van der Waals surface area contributed by atoms with Gasteiger partial charge in [-0.2, -0.15) is 4.72 Å². The summed E-state index contributed by atoms with van der Waals surface area (Å²) < 4.78 is 47.8. The predicted octanol–water partition coefficient (Wildman–Crippen LogP) is 8.22. The van der Waals surface area contributed by atoms with Gasteiger partial charge in [0.2, 0.25) is 27.8 Å². The van der Waals surface area contributed by atoms with E-state index in [0.29, 0.717) is 74.6 Å². The van der Waals surface area contributed by atoms with E-state index < -0.39 is 63.4 Å². The number of nitrogens with zero attached hydrogens (tertiary/aromatic N) is 2. The van der Waals surface area contributed by atoms with E-state index in [1.54, 1.807) is 65.1 Å². The zero-order valence-electron chi connectivity index (χ0n) is 49.4. The molecule has 0 fully saturated rings. The second-order valence-electron chi connectivity index (χ2n) is 21.9. The van der Waals surface area contributed by atoms with E-state index in [0.717, 1.165) is 34.9 Å². The number of carbonyl (C=O) groups is 6. The van der Waals surface area contributed by atoms with Gasteiger partial charge in [0.15, 0.2) is 5.78 Å². The number of sulfonamides is 1. The maximum absolute atomic E-state index is 14.4. The number of Topliss-reactive ketones (excluding diaryl/α,β-unsaturated/α-hetero) is 1. The minimum absolute atomic E-state index is 0.00163. The Morgan fingerprint density at radius 2 is 1.26 bits per heavy atom. The van der Waals surface area contributed by atoms with Crippen molar-refractivity contribution in [2.45, 2.75) is 115 Å². The summed E-state index contributed by atoms with van der Waals surface area (Å²) in [5.41, 5.74) is 4.98. The number of aryl methyl sites for hydroxylation is 3. The highest BCUT2D eigenvalue weighted by molar-refractivity contribution is 7.89. The lowest BCUT2D eigenvalue weighted by atomic mass is 9.76. The van der Waals surface area contributed by atoms with Crippen molar-refractivity contribution in [2.24, 2.45) is 0 Å². The van der Waals surface area contributed by atoms with E-state index in [-0.39, 0.29) is 53.8 Å². The molecule has 6 aromatic rings. The number of hydrogen-bond donors (Lipinski definition) is 6. The van der Waals surface area contributed by atoms with Crippen LogP contribution in [0, 0.1) is 20.8 Å². The first-order valence-electron chi connectivity index (χ1n) is 28.6. The van der Waals surface area contributed by atoms with Gasteiger partial charge in [-0.3, -0.25) is 28.5 Å². The largest absolute Gasteiger partial charge is 0.468 e. The molecule has 6 N–H and O–H groups in total. The van der Waals surface area contributed by atoms with Crippen LogP contribution in [0.2, 0.25) is 0 Å². The van der Waals surface area contributed by atoms with Crippen LogP contribution in [0.3, 0.4) is 0 Å². The highest BCUT2D eigenvalue weighted by atomic mass is 32.2. The van der Waals surface area contributed by atoms with Gasteiger partial charge in [0.05, 0.1) is 17.6 Å². The van der Waals surface area contributed by atoms with Crippen LogP contribution >= 0.6 is 0 Å². The number of amides is 4. The third kappa shape index (κ3) is 17.1. The Morgan fingerprint density at radius 3 is 1.81 bits per heavy atom. The van der Waals surface area contributed by atoms with Gasteiger partial charge in [-0.05, 0) is 106 Å². The maximum Gasteiger partial charge on any atom is 0.407 e. The summed E-state index contributed by atoms with van der Waals surface area (Å²) in [6, 6.07) is 38.0. The number of aromatic nitrogens is 2. The van der Waals surface area contributed by atoms with Gasteiger partial charge >= 0.3 is 12.1 Å². The van der Waals surface area contributed by atoms with Crippen molar-refractivity contribution >= 4 is 51.5 Å². The summed E-state index contributed by atoms with van der Waals surface area (Å²) in [7, 11) is -3.19. The van der Waals surface area contributed by atoms with Crippen molar-refractivity contribution in [3.8, 4) is 0 Å². The van der Waals surface area contributed by atoms with E-state index >= 15 is 0 Å². The molecule has 0 saturated carbocycles. The number of methoxy groups -OCH3 is 1. The molecule has 0 aliphatic heterocycles. The number of fused-ring (bicyclic) bond motifs is 1. The highest BCUT2D eigenvalue weighted by Crippen LogP contribution is 2.43. The van der Waals surface area contributed by atoms with Crippen molar-refractivity contribution in [3.63, 3.8) is 0 Å². The SMILES string of the molecule is COC(=O)C(CNC(=O)C1=CC(CCCNC(=O)CCC(=O)NCCCOCCCNC(=O)OC(C)(C)C)c2cc(CNc3nccn3C(c3ccccc3)(c3ccccc3)c3ccccc3)ccc2C1=O)NS(=O)(=O)c1c(C)cc(C)cc1C. The van der Waals surface area contributed by atoms with Crippen molar-refractivity contribution in [1.82, 2.24) is 35.5 Å². The standard InChI is InChI=1S/C65H78N8O11S/c1-44-38-45(2)59(46(3)39-44)85(80,81)72-55(61(78)82-7)43-70-60(77)54-41-48(20-17-31-66-56(74)29-30-57(75)67-32-18-36-83-37-19-33-69-63(79)84-64(4,5)6)53-40-47(27-28-52(53)58(54)76)42-71-62-68-34-35-73(62)65(49-21-11-8-12-22-49,50-23-13-9-14-24-50)51-25-15-10-16-26-51/h8-16,21-28,34-35,38-41,48,55,72H,17-20,29-33,36-37,42-43H2,1-7H3,(H,66,74)(H,67,75)(H,68,71)(H,69,79)(H,70,77). The first kappa shape index (κ1) is 64.1. The number of allylic oxidation sites excluding steroid dienone is 1. The van der Waals surface area contributed by atoms with E-state index in [9.17, 15) is 37.2 Å². The van der Waals surface area contributed by atoms with Crippen LogP contribution in [0.25, 0.3) is 0 Å². The fourth-order valence-electron chi connectivity index (χ4n) is 10.6. The Bertz CT molecular complexity index is 3320. The summed E-state index contributed by atoms with van der Waals surface area (Å²) in [6.07, 6.45) is 6.72. The number of carbonyl (C=O) groups excluding carboxylic acids is 6. The van der Waals surface area contributed by atoms with Gasteiger partial charge in [0.25, 0.3) is 5.91 Å². The number of alkyl carbamates (subject to hydrolysis) is 1. The molecular formula is C65H78N8O11S. The highest BCUT2D eigenvalue weighted by Gasteiger charge is 2.40. The van der Waals surface area contributed by atoms with Gasteiger partial charge < -0.3 is 40.8 Å². The van der Waals surface area contributed by atoms with E-state index in [1.807, 2.05) is 79.9 Å². The summed E-state index contributed by atoms with van der Waals surface area (Å²) in [5, 5.41) is 14.6. The number of rotatable bonds is 29. The molecule has 1 aliphatic carbocycles. The zero-order valence-corrected chi connectivity index (χ0v) is 50.2. The first-order valence-corrected chi connectivity index (χ1v) is 30.1. The second-order valence-corrected chi connectivity index (χ2v) is 23.6. The summed E-state index contributed by atoms with van der Waals surface area (Å²) in [6.45, 7) is 12.1. The van der Waals surface area contributed by atoms with Gasteiger partial charge in [-0.25, -0.2) is 18.2 Å². The zero-order chi connectivity index (χ0) is 61.2. The quantitative estimate of drug-likeness (QED) is 0.0112. The average Bonchev–Trinajstić information content (AvgIpc) is 1.85. The molecule has 1 aromatic heterocycles. The van der Waals surface area contributed by atoms with Gasteiger partial charge in [-0.15, -0.1) is 0 Å². The number of ether oxygens (including phenoxy) is 3. The first-order chi connectivity index (χ1) is 40.7. The fourth-order valence-corrected chi connectivity index (χ4v) is 12.2. The molecule has 0 radical (unpaired) electrons. The summed E-state index contributed by atoms with van der Waals surface area (Å²) in [4.78, 5) is 83.9. The number of hydrogen-bond acceptors (Lipinski definition) is 13. The maximum atomic E-state index is 14.4. The van der Waals surface area contributed by atoms with Crippen LogP contribution in [0.5, 0.6) is 0 Å².